The second-order valence-electron chi connectivity index (χ2n) is 4.85. The standard InChI is InChI=1S/C14H17F2NO3/c1-3-6-14(2,13(19)20)17-12(18)7-9-4-5-10(15)8-11(9)16/h4-5,8H,3,6-7H2,1-2H3,(H,17,18)(H,19,20). The van der Waals surface area contributed by atoms with Crippen LogP contribution in [0.5, 0.6) is 0 Å². The summed E-state index contributed by atoms with van der Waals surface area (Å²) in [4.78, 5) is 23.0. The Morgan fingerprint density at radius 1 is 1.35 bits per heavy atom. The number of aliphatic carboxylic acids is 1. The molecule has 0 spiro atoms. The molecule has 1 rings (SSSR count). The molecule has 1 aromatic rings. The van der Waals surface area contributed by atoms with E-state index in [9.17, 15) is 18.4 Å². The van der Waals surface area contributed by atoms with Crippen LogP contribution >= 0.6 is 0 Å². The van der Waals surface area contributed by atoms with Crippen molar-refractivity contribution in [2.24, 2.45) is 0 Å². The van der Waals surface area contributed by atoms with Crippen LogP contribution in [-0.4, -0.2) is 22.5 Å². The van der Waals surface area contributed by atoms with Gasteiger partial charge in [0.05, 0.1) is 6.42 Å². The number of amides is 1. The Kier molecular flexibility index (Phi) is 5.19. The summed E-state index contributed by atoms with van der Waals surface area (Å²) in [7, 11) is 0. The van der Waals surface area contributed by atoms with Gasteiger partial charge in [0.25, 0.3) is 0 Å². The van der Waals surface area contributed by atoms with Crippen LogP contribution in [0, 0.1) is 11.6 Å². The number of hydrogen-bond acceptors (Lipinski definition) is 2. The molecule has 0 aliphatic heterocycles. The van der Waals surface area contributed by atoms with Crippen LogP contribution < -0.4 is 5.32 Å². The van der Waals surface area contributed by atoms with Gasteiger partial charge in [0.1, 0.15) is 17.2 Å². The van der Waals surface area contributed by atoms with Crippen LogP contribution in [0.2, 0.25) is 0 Å². The summed E-state index contributed by atoms with van der Waals surface area (Å²) in [6.07, 6.45) is 0.507. The molecule has 2 N–H and O–H groups in total. The van der Waals surface area contributed by atoms with E-state index in [0.29, 0.717) is 12.5 Å². The number of carboxylic acids is 1. The summed E-state index contributed by atoms with van der Waals surface area (Å²) < 4.78 is 26.2. The summed E-state index contributed by atoms with van der Waals surface area (Å²) in [5.41, 5.74) is -1.37. The Balaban J connectivity index is 2.78. The maximum Gasteiger partial charge on any atom is 0.329 e. The molecule has 0 aliphatic rings. The number of carboxylic acid groups (broad SMARTS) is 1. The van der Waals surface area contributed by atoms with E-state index in [1.54, 1.807) is 6.92 Å². The monoisotopic (exact) mass is 285 g/mol. The molecule has 0 aromatic heterocycles. The van der Waals surface area contributed by atoms with E-state index in [2.05, 4.69) is 5.32 Å². The highest BCUT2D eigenvalue weighted by Gasteiger charge is 2.33. The number of halogens is 2. The van der Waals surface area contributed by atoms with Gasteiger partial charge in [0.15, 0.2) is 0 Å². The Bertz CT molecular complexity index is 519. The van der Waals surface area contributed by atoms with E-state index in [1.165, 1.54) is 13.0 Å². The minimum absolute atomic E-state index is 0.0214. The molecule has 1 atom stereocenters. The van der Waals surface area contributed by atoms with Crippen molar-refractivity contribution in [2.75, 3.05) is 0 Å². The number of carbonyl (C=O) groups excluding carboxylic acids is 1. The summed E-state index contributed by atoms with van der Waals surface area (Å²) >= 11 is 0. The van der Waals surface area contributed by atoms with Crippen molar-refractivity contribution in [3.63, 3.8) is 0 Å². The predicted octanol–water partition coefficient (Wildman–Crippen LogP) is 2.27. The van der Waals surface area contributed by atoms with Crippen molar-refractivity contribution in [3.05, 3.63) is 35.4 Å². The quantitative estimate of drug-likeness (QED) is 0.842. The van der Waals surface area contributed by atoms with Gasteiger partial charge < -0.3 is 10.4 Å². The largest absolute Gasteiger partial charge is 0.480 e. The van der Waals surface area contributed by atoms with Gasteiger partial charge in [-0.05, 0) is 25.0 Å². The minimum Gasteiger partial charge on any atom is -0.480 e. The van der Waals surface area contributed by atoms with E-state index in [-0.39, 0.29) is 18.4 Å². The Morgan fingerprint density at radius 2 is 2.00 bits per heavy atom. The zero-order chi connectivity index (χ0) is 15.3. The lowest BCUT2D eigenvalue weighted by Crippen LogP contribution is -2.52. The zero-order valence-electron chi connectivity index (χ0n) is 11.4. The Labute approximate surface area is 115 Å². The first-order chi connectivity index (χ1) is 9.28. The van der Waals surface area contributed by atoms with Crippen molar-refractivity contribution in [3.8, 4) is 0 Å². The first kappa shape index (κ1) is 16.1. The van der Waals surface area contributed by atoms with Gasteiger partial charge in [-0.1, -0.05) is 19.4 Å². The van der Waals surface area contributed by atoms with Crippen molar-refractivity contribution >= 4 is 11.9 Å². The molecular weight excluding hydrogens is 268 g/mol. The van der Waals surface area contributed by atoms with Gasteiger partial charge in [-0.2, -0.15) is 0 Å². The van der Waals surface area contributed by atoms with Crippen LogP contribution in [0.1, 0.15) is 32.3 Å². The highest BCUT2D eigenvalue weighted by Crippen LogP contribution is 2.14. The van der Waals surface area contributed by atoms with E-state index in [1.807, 2.05) is 0 Å². The fourth-order valence-electron chi connectivity index (χ4n) is 1.91. The SMILES string of the molecule is CCCC(C)(NC(=O)Cc1ccc(F)cc1F)C(=O)O. The van der Waals surface area contributed by atoms with E-state index in [0.717, 1.165) is 6.07 Å². The van der Waals surface area contributed by atoms with Crippen LogP contribution in [0.4, 0.5) is 8.78 Å². The van der Waals surface area contributed by atoms with Gasteiger partial charge in [-0.25, -0.2) is 13.6 Å². The highest BCUT2D eigenvalue weighted by molar-refractivity contribution is 5.87. The summed E-state index contributed by atoms with van der Waals surface area (Å²) in [5.74, 6) is -3.32. The van der Waals surface area contributed by atoms with Crippen molar-refractivity contribution in [1.29, 1.82) is 0 Å². The zero-order valence-corrected chi connectivity index (χ0v) is 11.4. The molecule has 6 heteroatoms. The number of carbonyl (C=O) groups is 2. The molecule has 0 fully saturated rings. The first-order valence-electron chi connectivity index (χ1n) is 6.27. The van der Waals surface area contributed by atoms with Crippen molar-refractivity contribution < 1.29 is 23.5 Å². The second-order valence-corrected chi connectivity index (χ2v) is 4.85. The summed E-state index contributed by atoms with van der Waals surface area (Å²) in [6.45, 7) is 3.20. The Hall–Kier alpha value is -1.98. The number of benzene rings is 1. The van der Waals surface area contributed by atoms with E-state index in [4.69, 9.17) is 5.11 Å². The maximum atomic E-state index is 13.4. The molecule has 0 aliphatic carbocycles. The average Bonchev–Trinajstić information content (AvgIpc) is 2.32. The molecule has 0 radical (unpaired) electrons. The van der Waals surface area contributed by atoms with Crippen LogP contribution in [0.25, 0.3) is 0 Å². The third-order valence-electron chi connectivity index (χ3n) is 3.00. The molecule has 0 bridgehead atoms. The molecule has 20 heavy (non-hydrogen) atoms. The van der Waals surface area contributed by atoms with Crippen molar-refractivity contribution in [2.45, 2.75) is 38.6 Å². The highest BCUT2D eigenvalue weighted by atomic mass is 19.1. The molecule has 0 saturated carbocycles. The van der Waals surface area contributed by atoms with Gasteiger partial charge in [-0.3, -0.25) is 4.79 Å². The molecule has 1 aromatic carbocycles. The fourth-order valence-corrected chi connectivity index (χ4v) is 1.91. The van der Waals surface area contributed by atoms with E-state index < -0.39 is 29.0 Å². The van der Waals surface area contributed by atoms with Gasteiger partial charge in [-0.15, -0.1) is 0 Å². The normalized spacial score (nSPS) is 13.6. The molecule has 0 heterocycles. The van der Waals surface area contributed by atoms with Crippen LogP contribution in [-0.2, 0) is 16.0 Å². The number of hydrogen-bond donors (Lipinski definition) is 2. The van der Waals surface area contributed by atoms with Gasteiger partial charge >= 0.3 is 5.97 Å². The first-order valence-corrected chi connectivity index (χ1v) is 6.27. The lowest BCUT2D eigenvalue weighted by Gasteiger charge is -2.25. The maximum absolute atomic E-state index is 13.4. The lowest BCUT2D eigenvalue weighted by atomic mass is 9.96. The number of rotatable bonds is 6. The Morgan fingerprint density at radius 3 is 2.50 bits per heavy atom. The predicted molar refractivity (Wildman–Crippen MR) is 69.2 cm³/mol. The van der Waals surface area contributed by atoms with Crippen molar-refractivity contribution in [1.82, 2.24) is 5.32 Å². The third-order valence-corrected chi connectivity index (χ3v) is 3.00. The minimum atomic E-state index is -1.39. The molecule has 0 saturated heterocycles. The topological polar surface area (TPSA) is 66.4 Å². The van der Waals surface area contributed by atoms with Crippen LogP contribution in [0.15, 0.2) is 18.2 Å². The fraction of sp³-hybridized carbons (Fsp3) is 0.429. The van der Waals surface area contributed by atoms with Gasteiger partial charge in [0, 0.05) is 6.07 Å². The molecule has 1 amide bonds. The molecular formula is C14H17F2NO3. The van der Waals surface area contributed by atoms with E-state index >= 15 is 0 Å². The summed E-state index contributed by atoms with van der Waals surface area (Å²) in [6, 6.07) is 2.90. The lowest BCUT2D eigenvalue weighted by molar-refractivity contribution is -0.147. The molecule has 110 valence electrons. The van der Waals surface area contributed by atoms with Crippen LogP contribution in [0.3, 0.4) is 0 Å². The van der Waals surface area contributed by atoms with Gasteiger partial charge in [0.2, 0.25) is 5.91 Å². The molecule has 4 nitrogen and oxygen atoms in total. The second kappa shape index (κ2) is 6.45. The third kappa shape index (κ3) is 4.01. The smallest absolute Gasteiger partial charge is 0.329 e. The molecule has 1 unspecified atom stereocenters. The summed E-state index contributed by atoms with van der Waals surface area (Å²) in [5, 5.41) is 11.5. The number of nitrogens with one attached hydrogen (secondary N) is 1. The average molecular weight is 285 g/mol.